The molecule has 0 fully saturated rings. The second kappa shape index (κ2) is 14.9. The first-order valence-corrected chi connectivity index (χ1v) is 14.3. The van der Waals surface area contributed by atoms with Crippen LogP contribution in [0.2, 0.25) is 0 Å². The molecule has 0 saturated heterocycles. The van der Waals surface area contributed by atoms with Crippen LogP contribution < -0.4 is 30.7 Å². The van der Waals surface area contributed by atoms with Gasteiger partial charge in [-0.15, -0.1) is 0 Å². The van der Waals surface area contributed by atoms with E-state index < -0.39 is 12.2 Å². The number of para-hydroxylation sites is 1. The van der Waals surface area contributed by atoms with Gasteiger partial charge >= 0.3 is 18.2 Å². The Hall–Kier alpha value is -6.09. The second-order valence-corrected chi connectivity index (χ2v) is 10.1. The zero-order valence-corrected chi connectivity index (χ0v) is 24.6. The van der Waals surface area contributed by atoms with Gasteiger partial charge in [0.05, 0.1) is 0 Å². The molecule has 0 bridgehead atoms. The highest BCUT2D eigenvalue weighted by molar-refractivity contribution is 5.99. The van der Waals surface area contributed by atoms with E-state index in [9.17, 15) is 14.4 Å². The van der Waals surface area contributed by atoms with Crippen LogP contribution in [0.3, 0.4) is 0 Å². The van der Waals surface area contributed by atoms with E-state index in [4.69, 9.17) is 9.47 Å². The molecule has 0 atom stereocenters. The van der Waals surface area contributed by atoms with Crippen LogP contribution in [0.4, 0.5) is 31.4 Å². The lowest BCUT2D eigenvalue weighted by atomic mass is 10.0. The molecule has 45 heavy (non-hydrogen) atoms. The van der Waals surface area contributed by atoms with Gasteiger partial charge in [-0.1, -0.05) is 66.7 Å². The van der Waals surface area contributed by atoms with Gasteiger partial charge < -0.3 is 25.4 Å². The second-order valence-electron chi connectivity index (χ2n) is 10.1. The lowest BCUT2D eigenvalue weighted by molar-refractivity contribution is 0.203. The molecule has 0 saturated carbocycles. The van der Waals surface area contributed by atoms with Gasteiger partial charge in [0, 0.05) is 24.1 Å². The summed E-state index contributed by atoms with van der Waals surface area (Å²) in [6.07, 6.45) is 0.272. The number of hydrogen-bond donors (Lipinski definition) is 4. The molecule has 0 aliphatic rings. The number of carbonyl (C=O) groups is 3. The van der Waals surface area contributed by atoms with Gasteiger partial charge in [0.15, 0.2) is 0 Å². The van der Waals surface area contributed by atoms with Gasteiger partial charge in [-0.25, -0.2) is 14.4 Å². The van der Waals surface area contributed by atoms with Crippen molar-refractivity contribution in [3.63, 3.8) is 0 Å². The molecule has 5 rings (SSSR count). The molecule has 226 valence electrons. The van der Waals surface area contributed by atoms with E-state index in [1.165, 1.54) is 7.05 Å². The molecule has 5 aromatic carbocycles. The summed E-state index contributed by atoms with van der Waals surface area (Å²) in [6, 6.07) is 38.7. The van der Waals surface area contributed by atoms with Gasteiger partial charge in [0.1, 0.15) is 11.5 Å². The van der Waals surface area contributed by atoms with Crippen LogP contribution in [0.5, 0.6) is 11.5 Å². The van der Waals surface area contributed by atoms with E-state index in [-0.39, 0.29) is 6.03 Å². The molecule has 0 aromatic heterocycles. The van der Waals surface area contributed by atoms with Crippen LogP contribution in [-0.4, -0.2) is 25.3 Å². The molecule has 0 spiro atoms. The number of ether oxygens (including phenoxy) is 2. The molecule has 5 aromatic rings. The number of amides is 4. The molecule has 4 N–H and O–H groups in total. The number of hydrogen-bond acceptors (Lipinski definition) is 5. The average Bonchev–Trinajstić information content (AvgIpc) is 3.05. The fourth-order valence-corrected chi connectivity index (χ4v) is 4.46. The minimum Gasteiger partial charge on any atom is -0.410 e. The first-order chi connectivity index (χ1) is 21.9. The zero-order chi connectivity index (χ0) is 31.4. The summed E-state index contributed by atoms with van der Waals surface area (Å²) in [5, 5.41) is 10.8. The quantitative estimate of drug-likeness (QED) is 0.137. The van der Waals surface area contributed by atoms with Crippen molar-refractivity contribution in [2.45, 2.75) is 12.8 Å². The summed E-state index contributed by atoms with van der Waals surface area (Å²) in [5.74, 6) is 0.895. The zero-order valence-electron chi connectivity index (χ0n) is 24.6. The molecule has 9 heteroatoms. The lowest BCUT2D eigenvalue weighted by Gasteiger charge is -2.10. The van der Waals surface area contributed by atoms with Crippen molar-refractivity contribution >= 4 is 35.3 Å². The molecule has 0 unspecified atom stereocenters. The summed E-state index contributed by atoms with van der Waals surface area (Å²) in [5.41, 5.74) is 6.28. The number of urea groups is 1. The molecule has 0 aliphatic carbocycles. The normalized spacial score (nSPS) is 10.3. The van der Waals surface area contributed by atoms with E-state index in [0.717, 1.165) is 27.9 Å². The van der Waals surface area contributed by atoms with Crippen LogP contribution in [-0.2, 0) is 12.8 Å². The Morgan fingerprint density at radius 1 is 0.467 bits per heavy atom. The van der Waals surface area contributed by atoms with Gasteiger partial charge in [0.25, 0.3) is 0 Å². The first-order valence-electron chi connectivity index (χ1n) is 14.3. The van der Waals surface area contributed by atoms with Crippen molar-refractivity contribution in [1.82, 2.24) is 5.32 Å². The summed E-state index contributed by atoms with van der Waals surface area (Å²) in [4.78, 5) is 36.0. The third-order valence-electron chi connectivity index (χ3n) is 6.73. The third kappa shape index (κ3) is 9.45. The molecular formula is C36H32N4O5. The Labute approximate surface area is 261 Å². The number of nitrogens with one attached hydrogen (secondary N) is 4. The predicted octanol–water partition coefficient (Wildman–Crippen LogP) is 7.84. The number of rotatable bonds is 9. The van der Waals surface area contributed by atoms with E-state index in [0.29, 0.717) is 35.7 Å². The smallest absolute Gasteiger partial charge is 0.410 e. The van der Waals surface area contributed by atoms with Crippen molar-refractivity contribution in [1.29, 1.82) is 0 Å². The summed E-state index contributed by atoms with van der Waals surface area (Å²) in [6.45, 7) is 0. The number of benzene rings is 5. The van der Waals surface area contributed by atoms with E-state index in [1.54, 1.807) is 24.3 Å². The average molecular weight is 601 g/mol. The predicted molar refractivity (Wildman–Crippen MR) is 175 cm³/mol. The van der Waals surface area contributed by atoms with Gasteiger partial charge in [-0.2, -0.15) is 0 Å². The van der Waals surface area contributed by atoms with Crippen LogP contribution in [0.15, 0.2) is 127 Å². The molecule has 0 aliphatic heterocycles. The van der Waals surface area contributed by atoms with Crippen molar-refractivity contribution in [2.24, 2.45) is 0 Å². The molecule has 4 amide bonds. The van der Waals surface area contributed by atoms with E-state index in [1.807, 2.05) is 103 Å². The van der Waals surface area contributed by atoms with Crippen molar-refractivity contribution in [3.8, 4) is 11.5 Å². The van der Waals surface area contributed by atoms with Crippen LogP contribution in [0.25, 0.3) is 0 Å². The molecule has 0 heterocycles. The Balaban J connectivity index is 1.06. The highest BCUT2D eigenvalue weighted by Crippen LogP contribution is 2.20. The summed E-state index contributed by atoms with van der Waals surface area (Å²) >= 11 is 0. The maximum Gasteiger partial charge on any atom is 0.417 e. The van der Waals surface area contributed by atoms with Crippen LogP contribution >= 0.6 is 0 Å². The largest absolute Gasteiger partial charge is 0.417 e. The van der Waals surface area contributed by atoms with Crippen molar-refractivity contribution in [2.75, 3.05) is 23.0 Å². The Morgan fingerprint density at radius 2 is 0.844 bits per heavy atom. The highest BCUT2D eigenvalue weighted by atomic mass is 16.6. The Morgan fingerprint density at radius 3 is 1.29 bits per heavy atom. The van der Waals surface area contributed by atoms with E-state index in [2.05, 4.69) is 21.3 Å². The molecular weight excluding hydrogens is 568 g/mol. The molecule has 0 radical (unpaired) electrons. The third-order valence-corrected chi connectivity index (χ3v) is 6.73. The number of carbonyl (C=O) groups excluding carboxylic acids is 3. The standard InChI is InChI=1S/C36H32N4O5/c1-37-35(42)44-32-19-11-27(12-20-32)24-28-13-21-33(22-14-28)45-36(43)40-31-17-9-26(10-18-31)23-25-7-15-30(16-8-25)39-34(41)38-29-5-3-2-4-6-29/h2-22H,23-24H2,1H3,(H,37,42)(H,40,43)(H2,38,39,41). The summed E-state index contributed by atoms with van der Waals surface area (Å²) in [7, 11) is 1.51. The monoisotopic (exact) mass is 600 g/mol. The highest BCUT2D eigenvalue weighted by Gasteiger charge is 2.08. The maximum absolute atomic E-state index is 12.5. The van der Waals surface area contributed by atoms with E-state index >= 15 is 0 Å². The Bertz CT molecular complexity index is 1720. The minimum atomic E-state index is -0.582. The topological polar surface area (TPSA) is 118 Å². The van der Waals surface area contributed by atoms with Crippen molar-refractivity contribution < 1.29 is 23.9 Å². The SMILES string of the molecule is CNC(=O)Oc1ccc(Cc2ccc(OC(=O)Nc3ccc(Cc4ccc(NC(=O)Nc5ccccc5)cc4)cc3)cc2)cc1. The maximum atomic E-state index is 12.5. The molecule has 9 nitrogen and oxygen atoms in total. The van der Waals surface area contributed by atoms with Crippen LogP contribution in [0.1, 0.15) is 22.3 Å². The minimum absolute atomic E-state index is 0.303. The fourth-order valence-electron chi connectivity index (χ4n) is 4.46. The van der Waals surface area contributed by atoms with Gasteiger partial charge in [0.2, 0.25) is 0 Å². The first kappa shape index (κ1) is 30.4. The van der Waals surface area contributed by atoms with Gasteiger partial charge in [-0.05, 0) is 95.8 Å². The lowest BCUT2D eigenvalue weighted by Crippen LogP contribution is -2.21. The van der Waals surface area contributed by atoms with Crippen LogP contribution in [0, 0.1) is 0 Å². The van der Waals surface area contributed by atoms with Gasteiger partial charge in [-0.3, -0.25) is 5.32 Å². The number of anilines is 3. The summed E-state index contributed by atoms with van der Waals surface area (Å²) < 4.78 is 10.5. The Kier molecular flexibility index (Phi) is 10.0. The van der Waals surface area contributed by atoms with Crippen molar-refractivity contribution in [3.05, 3.63) is 150 Å². The fraction of sp³-hybridized carbons (Fsp3) is 0.0833.